The highest BCUT2D eigenvalue weighted by atomic mass is 32.1. The normalized spacial score (nSPS) is 14.6. The third-order valence-electron chi connectivity index (χ3n) is 4.57. The molecule has 4 rings (SSSR count). The number of piperazine rings is 1. The molecule has 1 aliphatic rings. The van der Waals surface area contributed by atoms with Gasteiger partial charge in [0.15, 0.2) is 5.13 Å². The first-order valence-corrected chi connectivity index (χ1v) is 9.79. The van der Waals surface area contributed by atoms with Crippen molar-refractivity contribution >= 4 is 32.6 Å². The predicted molar refractivity (Wildman–Crippen MR) is 105 cm³/mol. The van der Waals surface area contributed by atoms with E-state index in [1.54, 1.807) is 28.4 Å². The standard InChI is InChI=1S/C20H20FN3O2S/c1-2-26-16-6-7-17-18(13-16)27-20(22-17)24-10-8-23(9-11-24)19(25)14-4-3-5-15(21)12-14/h3-7,12-13H,2,8-11H2,1H3. The van der Waals surface area contributed by atoms with Crippen LogP contribution in [-0.2, 0) is 0 Å². The van der Waals surface area contributed by atoms with Gasteiger partial charge in [0.2, 0.25) is 0 Å². The number of benzene rings is 2. The molecule has 1 aromatic heterocycles. The molecule has 3 aromatic rings. The number of halogens is 1. The number of fused-ring (bicyclic) bond motifs is 1. The van der Waals surface area contributed by atoms with Crippen molar-refractivity contribution in [1.82, 2.24) is 9.88 Å². The number of anilines is 1. The Morgan fingerprint density at radius 1 is 1.19 bits per heavy atom. The van der Waals surface area contributed by atoms with E-state index in [0.29, 0.717) is 38.3 Å². The molecular formula is C20H20FN3O2S. The molecule has 1 amide bonds. The van der Waals surface area contributed by atoms with Crippen molar-refractivity contribution in [3.05, 3.63) is 53.8 Å². The lowest BCUT2D eigenvalue weighted by atomic mass is 10.2. The van der Waals surface area contributed by atoms with Crippen molar-refractivity contribution in [1.29, 1.82) is 0 Å². The van der Waals surface area contributed by atoms with Crippen LogP contribution in [0.3, 0.4) is 0 Å². The molecule has 0 spiro atoms. The summed E-state index contributed by atoms with van der Waals surface area (Å²) in [6.07, 6.45) is 0. The van der Waals surface area contributed by atoms with Gasteiger partial charge in [-0.05, 0) is 43.3 Å². The molecule has 27 heavy (non-hydrogen) atoms. The van der Waals surface area contributed by atoms with Crippen LogP contribution in [0.4, 0.5) is 9.52 Å². The van der Waals surface area contributed by atoms with Gasteiger partial charge in [0.05, 0.1) is 16.8 Å². The van der Waals surface area contributed by atoms with Crippen LogP contribution in [0, 0.1) is 5.82 Å². The van der Waals surface area contributed by atoms with E-state index in [1.165, 1.54) is 12.1 Å². The van der Waals surface area contributed by atoms with E-state index in [2.05, 4.69) is 4.90 Å². The van der Waals surface area contributed by atoms with Crippen LogP contribution in [-0.4, -0.2) is 48.6 Å². The summed E-state index contributed by atoms with van der Waals surface area (Å²) < 4.78 is 20.0. The Kier molecular flexibility index (Phi) is 4.94. The lowest BCUT2D eigenvalue weighted by Gasteiger charge is -2.34. The van der Waals surface area contributed by atoms with Crippen molar-refractivity contribution in [2.45, 2.75) is 6.92 Å². The summed E-state index contributed by atoms with van der Waals surface area (Å²) in [4.78, 5) is 21.2. The van der Waals surface area contributed by atoms with Crippen molar-refractivity contribution < 1.29 is 13.9 Å². The molecule has 0 radical (unpaired) electrons. The van der Waals surface area contributed by atoms with Crippen LogP contribution >= 0.6 is 11.3 Å². The van der Waals surface area contributed by atoms with E-state index in [0.717, 1.165) is 21.1 Å². The summed E-state index contributed by atoms with van der Waals surface area (Å²) in [7, 11) is 0. The molecule has 1 fully saturated rings. The fourth-order valence-electron chi connectivity index (χ4n) is 3.19. The van der Waals surface area contributed by atoms with Crippen molar-refractivity contribution in [3.8, 4) is 5.75 Å². The van der Waals surface area contributed by atoms with Crippen LogP contribution in [0.25, 0.3) is 10.2 Å². The summed E-state index contributed by atoms with van der Waals surface area (Å²) in [6, 6.07) is 11.8. The van der Waals surface area contributed by atoms with E-state index in [1.807, 2.05) is 25.1 Å². The minimum Gasteiger partial charge on any atom is -0.494 e. The van der Waals surface area contributed by atoms with Gasteiger partial charge < -0.3 is 14.5 Å². The highest BCUT2D eigenvalue weighted by Crippen LogP contribution is 2.32. The summed E-state index contributed by atoms with van der Waals surface area (Å²) in [6.45, 7) is 5.20. The molecule has 0 aliphatic carbocycles. The average molecular weight is 385 g/mol. The summed E-state index contributed by atoms with van der Waals surface area (Å²) in [5.41, 5.74) is 1.35. The quantitative estimate of drug-likeness (QED) is 0.685. The highest BCUT2D eigenvalue weighted by Gasteiger charge is 2.24. The van der Waals surface area contributed by atoms with E-state index < -0.39 is 0 Å². The molecule has 7 heteroatoms. The Morgan fingerprint density at radius 2 is 2.00 bits per heavy atom. The molecule has 1 saturated heterocycles. The molecule has 0 unspecified atom stereocenters. The number of hydrogen-bond acceptors (Lipinski definition) is 5. The molecular weight excluding hydrogens is 365 g/mol. The molecule has 5 nitrogen and oxygen atoms in total. The number of thiazole rings is 1. The Bertz CT molecular complexity index is 967. The lowest BCUT2D eigenvalue weighted by Crippen LogP contribution is -2.48. The minimum atomic E-state index is -0.389. The molecule has 0 atom stereocenters. The lowest BCUT2D eigenvalue weighted by molar-refractivity contribution is 0.0746. The molecule has 1 aliphatic heterocycles. The van der Waals surface area contributed by atoms with Crippen molar-refractivity contribution in [3.63, 3.8) is 0 Å². The zero-order valence-electron chi connectivity index (χ0n) is 15.0. The summed E-state index contributed by atoms with van der Waals surface area (Å²) in [5.74, 6) is 0.339. The van der Waals surface area contributed by atoms with Crippen LogP contribution in [0.2, 0.25) is 0 Å². The van der Waals surface area contributed by atoms with E-state index >= 15 is 0 Å². The largest absolute Gasteiger partial charge is 0.494 e. The Balaban J connectivity index is 1.44. The van der Waals surface area contributed by atoms with Gasteiger partial charge in [-0.25, -0.2) is 9.37 Å². The minimum absolute atomic E-state index is 0.125. The number of carbonyl (C=O) groups is 1. The van der Waals surface area contributed by atoms with E-state index in [-0.39, 0.29) is 11.7 Å². The number of amides is 1. The Morgan fingerprint density at radius 3 is 2.74 bits per heavy atom. The van der Waals surface area contributed by atoms with Gasteiger partial charge in [0.1, 0.15) is 11.6 Å². The van der Waals surface area contributed by atoms with Gasteiger partial charge in [-0.1, -0.05) is 17.4 Å². The fraction of sp³-hybridized carbons (Fsp3) is 0.300. The molecule has 140 valence electrons. The van der Waals surface area contributed by atoms with Crippen LogP contribution in [0.1, 0.15) is 17.3 Å². The SMILES string of the molecule is CCOc1ccc2nc(N3CCN(C(=O)c4cccc(F)c4)CC3)sc2c1. The topological polar surface area (TPSA) is 45.7 Å². The first-order valence-electron chi connectivity index (χ1n) is 8.97. The van der Waals surface area contributed by atoms with E-state index in [9.17, 15) is 9.18 Å². The van der Waals surface area contributed by atoms with E-state index in [4.69, 9.17) is 9.72 Å². The Labute approximate surface area is 161 Å². The summed E-state index contributed by atoms with van der Waals surface area (Å²) in [5, 5.41) is 0.955. The second-order valence-corrected chi connectivity index (χ2v) is 7.36. The summed E-state index contributed by atoms with van der Waals surface area (Å²) >= 11 is 1.63. The molecule has 0 bridgehead atoms. The number of hydrogen-bond donors (Lipinski definition) is 0. The van der Waals surface area contributed by atoms with Gasteiger partial charge in [0, 0.05) is 31.7 Å². The maximum atomic E-state index is 13.4. The zero-order valence-corrected chi connectivity index (χ0v) is 15.8. The van der Waals surface area contributed by atoms with Gasteiger partial charge in [-0.3, -0.25) is 4.79 Å². The average Bonchev–Trinajstić information content (AvgIpc) is 3.11. The van der Waals surface area contributed by atoms with Gasteiger partial charge in [-0.15, -0.1) is 0 Å². The van der Waals surface area contributed by atoms with Crippen LogP contribution in [0.15, 0.2) is 42.5 Å². The maximum Gasteiger partial charge on any atom is 0.254 e. The number of rotatable bonds is 4. The van der Waals surface area contributed by atoms with Gasteiger partial charge in [-0.2, -0.15) is 0 Å². The first-order chi connectivity index (χ1) is 13.1. The van der Waals surface area contributed by atoms with Crippen LogP contribution < -0.4 is 9.64 Å². The number of ether oxygens (including phenoxy) is 1. The van der Waals surface area contributed by atoms with Crippen molar-refractivity contribution in [2.75, 3.05) is 37.7 Å². The molecule has 0 N–H and O–H groups in total. The van der Waals surface area contributed by atoms with Crippen molar-refractivity contribution in [2.24, 2.45) is 0 Å². The molecule has 2 aromatic carbocycles. The van der Waals surface area contributed by atoms with Gasteiger partial charge >= 0.3 is 0 Å². The predicted octanol–water partition coefficient (Wildman–Crippen LogP) is 3.80. The molecule has 2 heterocycles. The smallest absolute Gasteiger partial charge is 0.254 e. The highest BCUT2D eigenvalue weighted by molar-refractivity contribution is 7.22. The van der Waals surface area contributed by atoms with Crippen LogP contribution in [0.5, 0.6) is 5.75 Å². The second kappa shape index (κ2) is 7.52. The monoisotopic (exact) mass is 385 g/mol. The Hall–Kier alpha value is -2.67. The second-order valence-electron chi connectivity index (χ2n) is 6.35. The maximum absolute atomic E-state index is 13.4. The zero-order chi connectivity index (χ0) is 18.8. The third-order valence-corrected chi connectivity index (χ3v) is 5.65. The first kappa shape index (κ1) is 17.7. The third kappa shape index (κ3) is 3.73. The molecule has 0 saturated carbocycles. The number of aromatic nitrogens is 1. The fourth-order valence-corrected chi connectivity index (χ4v) is 4.24. The number of carbonyl (C=O) groups excluding carboxylic acids is 1. The number of nitrogens with zero attached hydrogens (tertiary/aromatic N) is 3. The van der Waals surface area contributed by atoms with Gasteiger partial charge in [0.25, 0.3) is 5.91 Å².